The third-order valence-electron chi connectivity index (χ3n) is 0.697. The quantitative estimate of drug-likeness (QED) is 0.379. The van der Waals surface area contributed by atoms with Gasteiger partial charge in [0.2, 0.25) is 0 Å². The van der Waals surface area contributed by atoms with Gasteiger partial charge in [0.1, 0.15) is 6.26 Å². The molecular formula is C4H9NO2. The smallest absolute Gasteiger partial charge is 0.100 e. The second-order valence-corrected chi connectivity index (χ2v) is 1.29. The Kier molecular flexibility index (Phi) is 2.22. The average Bonchev–Trinajstić information content (AvgIpc) is 1.65. The molecule has 0 amide bonds. The summed E-state index contributed by atoms with van der Waals surface area (Å²) in [5, 5.41) is 17.4. The molecule has 3 nitrogen and oxygen atoms in total. The zero-order valence-electron chi connectivity index (χ0n) is 4.42. The van der Waals surface area contributed by atoms with E-state index in [0.717, 1.165) is 11.3 Å². The highest BCUT2D eigenvalue weighted by atomic mass is 16.5. The molecule has 7 heavy (non-hydrogen) atoms. The maximum Gasteiger partial charge on any atom is 0.100 e. The zero-order valence-corrected chi connectivity index (χ0v) is 4.42. The summed E-state index contributed by atoms with van der Waals surface area (Å²) in [6.07, 6.45) is 0.833. The summed E-state index contributed by atoms with van der Waals surface area (Å²) in [5.74, 6) is 0. The summed E-state index contributed by atoms with van der Waals surface area (Å²) in [7, 11) is 1.43. The minimum Gasteiger partial charge on any atom is -0.514 e. The molecule has 0 unspecified atom stereocenters. The third-order valence-corrected chi connectivity index (χ3v) is 0.697. The van der Waals surface area contributed by atoms with E-state index in [0.29, 0.717) is 5.70 Å². The fourth-order valence-corrected chi connectivity index (χ4v) is 0.0836. The highest BCUT2D eigenvalue weighted by molar-refractivity contribution is 4.84. The molecular weight excluding hydrogens is 94.0 g/mol. The number of hydroxylamine groups is 2. The first kappa shape index (κ1) is 6.30. The Balaban J connectivity index is 3.56. The van der Waals surface area contributed by atoms with Crippen molar-refractivity contribution < 1.29 is 10.3 Å². The number of hydrogen-bond acceptors (Lipinski definition) is 3. The summed E-state index contributed by atoms with van der Waals surface area (Å²) in [6, 6.07) is 0. The lowest BCUT2D eigenvalue weighted by Crippen LogP contribution is -2.08. The van der Waals surface area contributed by atoms with Crippen LogP contribution < -0.4 is 0 Å². The van der Waals surface area contributed by atoms with E-state index >= 15 is 0 Å². The molecule has 0 aromatic carbocycles. The van der Waals surface area contributed by atoms with Gasteiger partial charge in [-0.2, -0.15) is 0 Å². The van der Waals surface area contributed by atoms with E-state index < -0.39 is 0 Å². The third kappa shape index (κ3) is 2.05. The minimum atomic E-state index is 0.417. The standard InChI is InChI=1S/C4H9NO2/c1-4(3-6)5(2)7/h3,6-7H,1-2H3/b4-3+. The summed E-state index contributed by atoms with van der Waals surface area (Å²) in [4.78, 5) is 0. The second-order valence-electron chi connectivity index (χ2n) is 1.29. The van der Waals surface area contributed by atoms with Gasteiger partial charge in [-0.25, -0.2) is 0 Å². The Hall–Kier alpha value is -0.700. The van der Waals surface area contributed by atoms with Crippen LogP contribution in [0.15, 0.2) is 12.0 Å². The van der Waals surface area contributed by atoms with Gasteiger partial charge in [-0.05, 0) is 6.92 Å². The predicted molar refractivity (Wildman–Crippen MR) is 25.9 cm³/mol. The highest BCUT2D eigenvalue weighted by Gasteiger charge is 1.87. The van der Waals surface area contributed by atoms with E-state index in [4.69, 9.17) is 10.3 Å². The van der Waals surface area contributed by atoms with E-state index in [1.807, 2.05) is 0 Å². The van der Waals surface area contributed by atoms with Crippen molar-refractivity contribution in [3.63, 3.8) is 0 Å². The SMILES string of the molecule is C/C(=C\O)N(C)O. The number of hydrogen-bond donors (Lipinski definition) is 2. The van der Waals surface area contributed by atoms with Crippen LogP contribution in [0.3, 0.4) is 0 Å². The van der Waals surface area contributed by atoms with E-state index in [2.05, 4.69) is 0 Å². The Morgan fingerprint density at radius 1 is 1.71 bits per heavy atom. The van der Waals surface area contributed by atoms with Gasteiger partial charge >= 0.3 is 0 Å². The van der Waals surface area contributed by atoms with Crippen molar-refractivity contribution in [3.8, 4) is 0 Å². The van der Waals surface area contributed by atoms with Crippen LogP contribution in [0.1, 0.15) is 6.92 Å². The first-order valence-corrected chi connectivity index (χ1v) is 1.92. The number of aliphatic hydroxyl groups is 1. The summed E-state index contributed by atoms with van der Waals surface area (Å²) < 4.78 is 0. The largest absolute Gasteiger partial charge is 0.514 e. The summed E-state index contributed by atoms with van der Waals surface area (Å²) >= 11 is 0. The molecule has 0 fully saturated rings. The van der Waals surface area contributed by atoms with Gasteiger partial charge < -0.3 is 5.11 Å². The van der Waals surface area contributed by atoms with E-state index in [1.165, 1.54) is 7.05 Å². The average molecular weight is 103 g/mol. The Bertz CT molecular complexity index is 77.8. The number of nitrogens with zero attached hydrogens (tertiary/aromatic N) is 1. The number of allylic oxidation sites excluding steroid dienone is 1. The summed E-state index contributed by atoms with van der Waals surface area (Å²) in [5.41, 5.74) is 0.417. The molecule has 3 heteroatoms. The van der Waals surface area contributed by atoms with Crippen molar-refractivity contribution in [1.82, 2.24) is 5.06 Å². The van der Waals surface area contributed by atoms with Crippen molar-refractivity contribution in [2.45, 2.75) is 6.92 Å². The van der Waals surface area contributed by atoms with E-state index in [1.54, 1.807) is 6.92 Å². The molecule has 0 aliphatic rings. The van der Waals surface area contributed by atoms with Crippen LogP contribution in [0.25, 0.3) is 0 Å². The summed E-state index contributed by atoms with van der Waals surface area (Å²) in [6.45, 7) is 1.58. The first-order chi connectivity index (χ1) is 3.18. The molecule has 0 aliphatic carbocycles. The molecule has 0 aromatic rings. The molecule has 0 spiro atoms. The predicted octanol–water partition coefficient (Wildman–Crippen LogP) is 0.727. The minimum absolute atomic E-state index is 0.417. The lowest BCUT2D eigenvalue weighted by molar-refractivity contribution is -0.0301. The second kappa shape index (κ2) is 2.47. The molecule has 0 heterocycles. The monoisotopic (exact) mass is 103 g/mol. The number of rotatable bonds is 1. The van der Waals surface area contributed by atoms with Gasteiger partial charge in [0.25, 0.3) is 0 Å². The van der Waals surface area contributed by atoms with Crippen LogP contribution in [0, 0.1) is 0 Å². The molecule has 2 N–H and O–H groups in total. The van der Waals surface area contributed by atoms with E-state index in [-0.39, 0.29) is 0 Å². The Morgan fingerprint density at radius 2 is 2.14 bits per heavy atom. The van der Waals surface area contributed by atoms with Gasteiger partial charge in [-0.1, -0.05) is 0 Å². The molecule has 0 atom stereocenters. The number of aliphatic hydroxyl groups excluding tert-OH is 1. The fourth-order valence-electron chi connectivity index (χ4n) is 0.0836. The van der Waals surface area contributed by atoms with Crippen molar-refractivity contribution in [2.75, 3.05) is 7.05 Å². The Morgan fingerprint density at radius 3 is 2.14 bits per heavy atom. The van der Waals surface area contributed by atoms with Crippen LogP contribution >= 0.6 is 0 Å². The van der Waals surface area contributed by atoms with Gasteiger partial charge in [0, 0.05) is 7.05 Å². The normalized spacial score (nSPS) is 11.6. The van der Waals surface area contributed by atoms with Crippen molar-refractivity contribution >= 4 is 0 Å². The van der Waals surface area contributed by atoms with Crippen LogP contribution in [-0.2, 0) is 0 Å². The van der Waals surface area contributed by atoms with Crippen molar-refractivity contribution in [3.05, 3.63) is 12.0 Å². The van der Waals surface area contributed by atoms with Crippen LogP contribution in [-0.4, -0.2) is 22.4 Å². The van der Waals surface area contributed by atoms with Crippen LogP contribution in [0.5, 0.6) is 0 Å². The van der Waals surface area contributed by atoms with Gasteiger partial charge in [-0.3, -0.25) is 10.3 Å². The molecule has 0 radical (unpaired) electrons. The molecule has 0 saturated heterocycles. The zero-order chi connectivity index (χ0) is 5.86. The van der Waals surface area contributed by atoms with Gasteiger partial charge in [0.05, 0.1) is 5.70 Å². The van der Waals surface area contributed by atoms with Gasteiger partial charge in [0.15, 0.2) is 0 Å². The fraction of sp³-hybridized carbons (Fsp3) is 0.500. The molecule has 0 aliphatic heterocycles. The maximum atomic E-state index is 8.43. The lowest BCUT2D eigenvalue weighted by atomic mass is 10.6. The van der Waals surface area contributed by atoms with Crippen molar-refractivity contribution in [1.29, 1.82) is 0 Å². The Labute approximate surface area is 42.4 Å². The molecule has 0 aromatic heterocycles. The maximum absolute atomic E-state index is 8.43. The molecule has 0 saturated carbocycles. The van der Waals surface area contributed by atoms with Crippen LogP contribution in [0.4, 0.5) is 0 Å². The first-order valence-electron chi connectivity index (χ1n) is 1.92. The van der Waals surface area contributed by atoms with Crippen LogP contribution in [0.2, 0.25) is 0 Å². The highest BCUT2D eigenvalue weighted by Crippen LogP contribution is 1.90. The molecule has 0 rings (SSSR count). The van der Waals surface area contributed by atoms with Gasteiger partial charge in [-0.15, -0.1) is 0 Å². The lowest BCUT2D eigenvalue weighted by Gasteiger charge is -2.06. The van der Waals surface area contributed by atoms with Crippen molar-refractivity contribution in [2.24, 2.45) is 0 Å². The van der Waals surface area contributed by atoms with E-state index in [9.17, 15) is 0 Å². The topological polar surface area (TPSA) is 43.7 Å². The molecule has 42 valence electrons. The molecule has 0 bridgehead atoms.